The molecule has 2 N–H and O–H groups in total. The number of benzene rings is 2. The molecule has 1 aliphatic heterocycles. The number of H-pyrrole nitrogens is 1. The molecule has 1 aliphatic carbocycles. The molecule has 2 aliphatic rings. The van der Waals surface area contributed by atoms with E-state index in [1.54, 1.807) is 12.1 Å². The summed E-state index contributed by atoms with van der Waals surface area (Å²) in [5, 5.41) is 27.7. The number of aromatic nitrogens is 1. The summed E-state index contributed by atoms with van der Waals surface area (Å²) >= 11 is 0. The van der Waals surface area contributed by atoms with E-state index < -0.39 is 0 Å². The molecule has 0 amide bonds. The monoisotopic (exact) mass is 339 g/mol. The number of hydrogen-bond acceptors (Lipinski definition) is 4. The third-order valence-electron chi connectivity index (χ3n) is 4.38. The molecule has 0 saturated carbocycles. The quantitative estimate of drug-likeness (QED) is 0.425. The molecule has 0 spiro atoms. The Bertz CT molecular complexity index is 926. The van der Waals surface area contributed by atoms with Crippen LogP contribution >= 0.6 is 0 Å². The Labute approximate surface area is 146 Å². The fourth-order valence-electron chi connectivity index (χ4n) is 3.13. The number of anilines is 1. The highest BCUT2D eigenvalue weighted by atomic mass is 16.8. The first-order chi connectivity index (χ1) is 12.0. The van der Waals surface area contributed by atoms with Crippen molar-refractivity contribution in [3.8, 4) is 11.3 Å². The second kappa shape index (κ2) is 7.03. The van der Waals surface area contributed by atoms with Crippen LogP contribution in [0.2, 0.25) is 0 Å². The van der Waals surface area contributed by atoms with E-state index in [0.717, 1.165) is 47.4 Å². The maximum Gasteiger partial charge on any atom is 0.234 e. The van der Waals surface area contributed by atoms with E-state index in [1.807, 2.05) is 45.3 Å². The van der Waals surface area contributed by atoms with Gasteiger partial charge in [0.15, 0.2) is 0 Å². The molecule has 132 valence electrons. The van der Waals surface area contributed by atoms with Crippen LogP contribution in [0.3, 0.4) is 0 Å². The minimum atomic E-state index is -0.310. The fraction of sp³-hybridized carbons (Fsp3) is 0.316. The molecular formula is C19H23N4O2-. The Balaban J connectivity index is 2.22. The van der Waals surface area contributed by atoms with Gasteiger partial charge in [0.25, 0.3) is 0 Å². The lowest BCUT2D eigenvalue weighted by molar-refractivity contribution is 0.405. The van der Waals surface area contributed by atoms with Crippen molar-refractivity contribution in [2.45, 2.75) is 13.3 Å². The van der Waals surface area contributed by atoms with Crippen molar-refractivity contribution >= 4 is 16.6 Å². The predicted octanol–water partition coefficient (Wildman–Crippen LogP) is 2.71. The smallest absolute Gasteiger partial charge is 0.234 e. The lowest BCUT2D eigenvalue weighted by Gasteiger charge is -2.20. The summed E-state index contributed by atoms with van der Waals surface area (Å²) < 4.78 is 0. The second-order valence-corrected chi connectivity index (χ2v) is 6.54. The maximum absolute atomic E-state index is 11.6. The zero-order valence-electron chi connectivity index (χ0n) is 14.8. The average molecular weight is 339 g/mol. The third kappa shape index (κ3) is 3.39. The molecule has 0 bridgehead atoms. The van der Waals surface area contributed by atoms with Gasteiger partial charge >= 0.3 is 0 Å². The van der Waals surface area contributed by atoms with Crippen molar-refractivity contribution in [1.82, 2.24) is 14.8 Å². The molecule has 1 aromatic carbocycles. The number of nitrogens with zero attached hydrogens (tertiary/aromatic N) is 2. The summed E-state index contributed by atoms with van der Waals surface area (Å²) in [5.74, 6) is 0. The van der Waals surface area contributed by atoms with E-state index in [0.29, 0.717) is 5.56 Å². The number of aromatic amines is 1. The van der Waals surface area contributed by atoms with E-state index >= 15 is 0 Å². The van der Waals surface area contributed by atoms with E-state index in [-0.39, 0.29) is 10.3 Å². The molecule has 0 unspecified atom stereocenters. The summed E-state index contributed by atoms with van der Waals surface area (Å²) in [7, 11) is 4.08. The Morgan fingerprint density at radius 1 is 1.12 bits per heavy atom. The van der Waals surface area contributed by atoms with Gasteiger partial charge in [-0.3, -0.25) is 0 Å². The Morgan fingerprint density at radius 3 is 2.60 bits per heavy atom. The first-order valence-corrected chi connectivity index (χ1v) is 8.39. The first-order valence-electron chi connectivity index (χ1n) is 8.39. The molecular weight excluding hydrogens is 316 g/mol. The van der Waals surface area contributed by atoms with E-state index in [9.17, 15) is 10.4 Å². The van der Waals surface area contributed by atoms with Crippen molar-refractivity contribution < 1.29 is 0 Å². The SMILES string of the molecule is Cc1ccc(=[N+]([O-])[O-])c2c(NCCCN(C)C)c3ccccc3[nH]c1-2. The van der Waals surface area contributed by atoms with Crippen molar-refractivity contribution in [2.75, 3.05) is 32.5 Å². The summed E-state index contributed by atoms with van der Waals surface area (Å²) in [5.41, 5.74) is 4.24. The second-order valence-electron chi connectivity index (χ2n) is 6.54. The van der Waals surface area contributed by atoms with Gasteiger partial charge in [0, 0.05) is 23.5 Å². The van der Waals surface area contributed by atoms with Crippen LogP contribution in [0.1, 0.15) is 12.0 Å². The van der Waals surface area contributed by atoms with Crippen LogP contribution in [-0.2, 0) is 0 Å². The predicted molar refractivity (Wildman–Crippen MR) is 103 cm³/mol. The molecule has 1 aromatic rings. The van der Waals surface area contributed by atoms with Crippen molar-refractivity contribution in [2.24, 2.45) is 0 Å². The van der Waals surface area contributed by atoms with Crippen LogP contribution < -0.4 is 15.6 Å². The van der Waals surface area contributed by atoms with Crippen LogP contribution in [0, 0.1) is 17.3 Å². The van der Waals surface area contributed by atoms with Crippen molar-refractivity contribution in [3.63, 3.8) is 0 Å². The largest absolute Gasteiger partial charge is 0.612 e. The number of aryl methyl sites for hydroxylation is 1. The molecule has 3 rings (SSSR count). The van der Waals surface area contributed by atoms with Gasteiger partial charge in [-0.25, -0.2) is 0 Å². The highest BCUT2D eigenvalue weighted by Gasteiger charge is 2.19. The van der Waals surface area contributed by atoms with Gasteiger partial charge in [-0.15, -0.1) is 0 Å². The highest BCUT2D eigenvalue weighted by Crippen LogP contribution is 2.34. The molecule has 0 fully saturated rings. The van der Waals surface area contributed by atoms with Gasteiger partial charge in [0.2, 0.25) is 5.36 Å². The van der Waals surface area contributed by atoms with Gasteiger partial charge < -0.3 is 25.6 Å². The summed E-state index contributed by atoms with van der Waals surface area (Å²) in [6.45, 7) is 3.68. The van der Waals surface area contributed by atoms with Gasteiger partial charge in [0.1, 0.15) is 0 Å². The van der Waals surface area contributed by atoms with Crippen LogP contribution in [0.25, 0.3) is 22.2 Å². The summed E-state index contributed by atoms with van der Waals surface area (Å²) in [6, 6.07) is 11.3. The maximum atomic E-state index is 11.6. The zero-order chi connectivity index (χ0) is 18.0. The van der Waals surface area contributed by atoms with E-state index in [2.05, 4.69) is 15.2 Å². The standard InChI is InChI=1S/C19H23N4O2/c1-13-9-10-16(23(24)25)17-18(13)21-15-8-5-4-7-14(15)19(17)20-11-6-12-22(2)3/h4-5,7-10,20-21H,6,11-12H2,1-3H3/q-1. The number of hydrogen-bond donors (Lipinski definition) is 2. The minimum Gasteiger partial charge on any atom is -0.612 e. The number of para-hydroxylation sites is 1. The summed E-state index contributed by atoms with van der Waals surface area (Å²) in [4.78, 5) is 5.19. The van der Waals surface area contributed by atoms with Crippen LogP contribution in [0.15, 0.2) is 36.4 Å². The highest BCUT2D eigenvalue weighted by molar-refractivity contribution is 6.00. The van der Waals surface area contributed by atoms with Crippen molar-refractivity contribution in [1.29, 1.82) is 0 Å². The number of fused-ring (bicyclic) bond motifs is 2. The van der Waals surface area contributed by atoms with E-state index in [1.165, 1.54) is 0 Å². The number of pyridine rings is 1. The van der Waals surface area contributed by atoms with Crippen LogP contribution in [0.5, 0.6) is 0 Å². The zero-order valence-corrected chi connectivity index (χ0v) is 14.8. The molecule has 6 heteroatoms. The molecule has 0 atom stereocenters. The molecule has 1 heterocycles. The molecule has 6 nitrogen and oxygen atoms in total. The fourth-order valence-corrected chi connectivity index (χ4v) is 3.13. The van der Waals surface area contributed by atoms with Crippen LogP contribution in [0.4, 0.5) is 5.69 Å². The van der Waals surface area contributed by atoms with Gasteiger partial charge in [0.05, 0.1) is 16.9 Å². The Morgan fingerprint density at radius 2 is 1.88 bits per heavy atom. The van der Waals surface area contributed by atoms with Crippen molar-refractivity contribution in [3.05, 3.63) is 57.7 Å². The molecule has 0 aromatic heterocycles. The normalized spacial score (nSPS) is 11.4. The number of nitrogens with one attached hydrogen (secondary N) is 2. The number of rotatable bonds is 5. The Kier molecular flexibility index (Phi) is 4.81. The summed E-state index contributed by atoms with van der Waals surface area (Å²) in [6.07, 6.45) is 0.959. The van der Waals surface area contributed by atoms with Gasteiger partial charge in [-0.05, 0) is 45.6 Å². The minimum absolute atomic E-state index is 0.123. The molecule has 0 saturated heterocycles. The first kappa shape index (κ1) is 17.1. The average Bonchev–Trinajstić information content (AvgIpc) is 2.58. The van der Waals surface area contributed by atoms with Gasteiger partial charge in [-0.2, -0.15) is 4.90 Å². The third-order valence-corrected chi connectivity index (χ3v) is 4.38. The van der Waals surface area contributed by atoms with Gasteiger partial charge in [-0.1, -0.05) is 24.3 Å². The van der Waals surface area contributed by atoms with E-state index in [4.69, 9.17) is 0 Å². The lowest BCUT2D eigenvalue weighted by Crippen LogP contribution is -2.24. The molecule has 0 radical (unpaired) electrons. The molecule has 25 heavy (non-hydrogen) atoms. The van der Waals surface area contributed by atoms with Crippen LogP contribution in [-0.4, -0.2) is 37.1 Å². The topological polar surface area (TPSA) is 80.2 Å². The Hall–Kier alpha value is -2.73. The lowest BCUT2D eigenvalue weighted by atomic mass is 9.98.